The molecule has 0 aromatic rings. The smallest absolute Gasteiger partial charge is 0.373 e. The SMILES string of the molecule is O=C(NCCC1CO1)C(F)(F)F. The maximum absolute atomic E-state index is 11.5. The summed E-state index contributed by atoms with van der Waals surface area (Å²) < 4.78 is 39.4. The van der Waals surface area contributed by atoms with Gasteiger partial charge in [-0.2, -0.15) is 13.2 Å². The highest BCUT2D eigenvalue weighted by molar-refractivity contribution is 5.81. The fraction of sp³-hybridized carbons (Fsp3) is 0.833. The average Bonchev–Trinajstić information content (AvgIpc) is 2.69. The molecule has 3 nitrogen and oxygen atoms in total. The number of epoxide rings is 1. The predicted octanol–water partition coefficient (Wildman–Crippen LogP) is 0.454. The van der Waals surface area contributed by atoms with Crippen LogP contribution in [0.15, 0.2) is 0 Å². The molecule has 1 atom stereocenters. The quantitative estimate of drug-likeness (QED) is 0.645. The monoisotopic (exact) mass is 183 g/mol. The van der Waals surface area contributed by atoms with Crippen molar-refractivity contribution in [2.24, 2.45) is 0 Å². The minimum absolute atomic E-state index is 0.0169. The summed E-state index contributed by atoms with van der Waals surface area (Å²) >= 11 is 0. The molecule has 1 heterocycles. The van der Waals surface area contributed by atoms with Gasteiger partial charge in [-0.3, -0.25) is 4.79 Å². The van der Waals surface area contributed by atoms with Crippen LogP contribution in [-0.4, -0.2) is 31.3 Å². The molecule has 12 heavy (non-hydrogen) atoms. The number of carbonyl (C=O) groups excluding carboxylic acids is 1. The molecule has 1 aliphatic rings. The number of alkyl halides is 3. The first kappa shape index (κ1) is 9.31. The lowest BCUT2D eigenvalue weighted by molar-refractivity contribution is -0.173. The van der Waals surface area contributed by atoms with Crippen molar-refractivity contribution in [1.82, 2.24) is 5.32 Å². The summed E-state index contributed by atoms with van der Waals surface area (Å²) in [6, 6.07) is 0. The minimum Gasteiger partial charge on any atom is -0.373 e. The van der Waals surface area contributed by atoms with E-state index < -0.39 is 12.1 Å². The van der Waals surface area contributed by atoms with E-state index in [0.717, 1.165) is 0 Å². The maximum Gasteiger partial charge on any atom is 0.471 e. The van der Waals surface area contributed by atoms with E-state index in [1.165, 1.54) is 0 Å². The molecular formula is C6H8F3NO2. The van der Waals surface area contributed by atoms with E-state index in [1.54, 1.807) is 5.32 Å². The summed E-state index contributed by atoms with van der Waals surface area (Å²) in [5.41, 5.74) is 0. The third-order valence-corrected chi connectivity index (χ3v) is 1.41. The first-order valence-corrected chi connectivity index (χ1v) is 3.47. The molecule has 1 unspecified atom stereocenters. The highest BCUT2D eigenvalue weighted by Crippen LogP contribution is 2.15. The highest BCUT2D eigenvalue weighted by atomic mass is 19.4. The van der Waals surface area contributed by atoms with Gasteiger partial charge in [-0.15, -0.1) is 0 Å². The van der Waals surface area contributed by atoms with Gasteiger partial charge in [0.2, 0.25) is 0 Å². The molecule has 6 heteroatoms. The fourth-order valence-corrected chi connectivity index (χ4v) is 0.682. The Balaban J connectivity index is 2.08. The third-order valence-electron chi connectivity index (χ3n) is 1.41. The summed E-state index contributed by atoms with van der Waals surface area (Å²) in [6.07, 6.45) is -4.29. The predicted molar refractivity (Wildman–Crippen MR) is 33.4 cm³/mol. The number of nitrogens with one attached hydrogen (secondary N) is 1. The van der Waals surface area contributed by atoms with Crippen molar-refractivity contribution in [2.75, 3.05) is 13.2 Å². The van der Waals surface area contributed by atoms with Crippen molar-refractivity contribution >= 4 is 5.91 Å². The molecule has 1 N–H and O–H groups in total. The van der Waals surface area contributed by atoms with Gasteiger partial charge in [0.1, 0.15) is 0 Å². The van der Waals surface area contributed by atoms with E-state index in [0.29, 0.717) is 13.0 Å². The summed E-state index contributed by atoms with van der Waals surface area (Å²) in [7, 11) is 0. The van der Waals surface area contributed by atoms with Gasteiger partial charge in [-0.05, 0) is 6.42 Å². The van der Waals surface area contributed by atoms with Crippen LogP contribution in [0.25, 0.3) is 0 Å². The molecular weight excluding hydrogens is 175 g/mol. The lowest BCUT2D eigenvalue weighted by atomic mass is 10.3. The van der Waals surface area contributed by atoms with Crippen LogP contribution < -0.4 is 5.32 Å². The molecule has 0 aromatic heterocycles. The van der Waals surface area contributed by atoms with Gasteiger partial charge < -0.3 is 10.1 Å². The summed E-state index contributed by atoms with van der Waals surface area (Å²) in [4.78, 5) is 10.2. The van der Waals surface area contributed by atoms with E-state index in [2.05, 4.69) is 0 Å². The molecule has 0 saturated carbocycles. The Kier molecular flexibility index (Phi) is 2.56. The summed E-state index contributed by atoms with van der Waals surface area (Å²) in [6.45, 7) is 0.602. The topological polar surface area (TPSA) is 41.6 Å². The Morgan fingerprint density at radius 3 is 2.58 bits per heavy atom. The Hall–Kier alpha value is -0.780. The number of amides is 1. The number of ether oxygens (including phenoxy) is 1. The highest BCUT2D eigenvalue weighted by Gasteiger charge is 2.38. The first-order chi connectivity index (χ1) is 5.50. The normalized spacial score (nSPS) is 22.1. The van der Waals surface area contributed by atoms with Crippen molar-refractivity contribution in [3.8, 4) is 0 Å². The minimum atomic E-state index is -4.77. The van der Waals surface area contributed by atoms with Crippen molar-refractivity contribution in [3.63, 3.8) is 0 Å². The molecule has 0 spiro atoms. The van der Waals surface area contributed by atoms with Gasteiger partial charge in [0.25, 0.3) is 0 Å². The maximum atomic E-state index is 11.5. The van der Waals surface area contributed by atoms with Gasteiger partial charge in [-0.25, -0.2) is 0 Å². The summed E-state index contributed by atoms with van der Waals surface area (Å²) in [5, 5.41) is 1.75. The van der Waals surface area contributed by atoms with Crippen molar-refractivity contribution in [3.05, 3.63) is 0 Å². The Morgan fingerprint density at radius 2 is 2.17 bits per heavy atom. The van der Waals surface area contributed by atoms with Crippen molar-refractivity contribution < 1.29 is 22.7 Å². The summed E-state index contributed by atoms with van der Waals surface area (Å²) in [5.74, 6) is -1.89. The lowest BCUT2D eigenvalue weighted by Gasteiger charge is -2.05. The number of carbonyl (C=O) groups is 1. The van der Waals surface area contributed by atoms with Crippen LogP contribution >= 0.6 is 0 Å². The molecule has 0 aliphatic carbocycles. The van der Waals surface area contributed by atoms with Gasteiger partial charge in [0.05, 0.1) is 12.7 Å². The molecule has 1 rings (SSSR count). The van der Waals surface area contributed by atoms with Crippen molar-refractivity contribution in [1.29, 1.82) is 0 Å². The van der Waals surface area contributed by atoms with Gasteiger partial charge >= 0.3 is 12.1 Å². The van der Waals surface area contributed by atoms with Crippen LogP contribution in [0.5, 0.6) is 0 Å². The van der Waals surface area contributed by atoms with Gasteiger partial charge in [0, 0.05) is 6.54 Å². The van der Waals surface area contributed by atoms with E-state index in [-0.39, 0.29) is 12.6 Å². The van der Waals surface area contributed by atoms with Gasteiger partial charge in [0.15, 0.2) is 0 Å². The second-order valence-electron chi connectivity index (χ2n) is 2.50. The van der Waals surface area contributed by atoms with E-state index in [4.69, 9.17) is 4.74 Å². The van der Waals surface area contributed by atoms with Crippen molar-refractivity contribution in [2.45, 2.75) is 18.7 Å². The van der Waals surface area contributed by atoms with Crippen LogP contribution in [0.4, 0.5) is 13.2 Å². The van der Waals surface area contributed by atoms with E-state index >= 15 is 0 Å². The Labute approximate surface area is 66.9 Å². The molecule has 1 fully saturated rings. The Morgan fingerprint density at radius 1 is 1.58 bits per heavy atom. The van der Waals surface area contributed by atoms with Crippen LogP contribution in [0, 0.1) is 0 Å². The molecule has 1 aliphatic heterocycles. The third kappa shape index (κ3) is 3.08. The standard InChI is InChI=1S/C6H8F3NO2/c7-6(8,9)5(11)10-2-1-4-3-12-4/h4H,1-3H2,(H,10,11). The molecule has 0 radical (unpaired) electrons. The largest absolute Gasteiger partial charge is 0.471 e. The second kappa shape index (κ2) is 3.30. The van der Waals surface area contributed by atoms with Gasteiger partial charge in [-0.1, -0.05) is 0 Å². The lowest BCUT2D eigenvalue weighted by Crippen LogP contribution is -2.37. The van der Waals surface area contributed by atoms with Crippen LogP contribution in [0.1, 0.15) is 6.42 Å². The number of rotatable bonds is 3. The number of halogens is 3. The fourth-order valence-electron chi connectivity index (χ4n) is 0.682. The van der Waals surface area contributed by atoms with Crippen LogP contribution in [0.3, 0.4) is 0 Å². The molecule has 0 bridgehead atoms. The number of hydrogen-bond donors (Lipinski definition) is 1. The first-order valence-electron chi connectivity index (χ1n) is 3.47. The van der Waals surface area contributed by atoms with Crippen LogP contribution in [0.2, 0.25) is 0 Å². The zero-order valence-electron chi connectivity index (χ0n) is 6.15. The number of hydrogen-bond acceptors (Lipinski definition) is 2. The molecule has 1 amide bonds. The zero-order valence-corrected chi connectivity index (χ0v) is 6.15. The zero-order chi connectivity index (χ0) is 9.19. The van der Waals surface area contributed by atoms with Crippen LogP contribution in [-0.2, 0) is 9.53 Å². The van der Waals surface area contributed by atoms with E-state index in [9.17, 15) is 18.0 Å². The average molecular weight is 183 g/mol. The molecule has 1 saturated heterocycles. The Bertz CT molecular complexity index is 176. The second-order valence-corrected chi connectivity index (χ2v) is 2.50. The molecule has 70 valence electrons. The molecule has 0 aromatic carbocycles. The van der Waals surface area contributed by atoms with E-state index in [1.807, 2.05) is 0 Å².